The first-order valence-corrected chi connectivity index (χ1v) is 11.7. The third kappa shape index (κ3) is 4.74. The molecule has 0 amide bonds. The standard InChI is InChI=1S/C26H24F4N6O2/c1-35-7-6-14-9-22(38-2)21(8-15(14)12-35)33-25-32-11-16-20(31)10-23(37)36(24(16)34-25)13-17-18(26(28,29)30)4-3-5-19(17)27/h3-5,8-11H,6-7,12-13,31H2,1-2H3,(H,32,33,34). The lowest BCUT2D eigenvalue weighted by molar-refractivity contribution is -0.138. The molecule has 8 nitrogen and oxygen atoms in total. The van der Waals surface area contributed by atoms with Gasteiger partial charge in [0.1, 0.15) is 11.6 Å². The second-order valence-corrected chi connectivity index (χ2v) is 9.15. The van der Waals surface area contributed by atoms with Crippen LogP contribution in [0.4, 0.5) is 34.9 Å². The van der Waals surface area contributed by atoms with E-state index in [0.29, 0.717) is 11.4 Å². The number of anilines is 3. The van der Waals surface area contributed by atoms with Gasteiger partial charge in [-0.25, -0.2) is 9.37 Å². The summed E-state index contributed by atoms with van der Waals surface area (Å²) in [5.41, 5.74) is 6.25. The molecular weight excluding hydrogens is 504 g/mol. The molecule has 12 heteroatoms. The van der Waals surface area contributed by atoms with Crippen LogP contribution in [0.3, 0.4) is 0 Å². The van der Waals surface area contributed by atoms with Crippen LogP contribution in [-0.4, -0.2) is 40.1 Å². The molecule has 2 aromatic carbocycles. The van der Waals surface area contributed by atoms with Crippen molar-refractivity contribution in [3.8, 4) is 5.75 Å². The molecule has 0 saturated carbocycles. The van der Waals surface area contributed by atoms with E-state index < -0.39 is 35.2 Å². The maximum atomic E-state index is 14.6. The van der Waals surface area contributed by atoms with E-state index in [4.69, 9.17) is 10.5 Å². The number of nitrogens with one attached hydrogen (secondary N) is 1. The third-order valence-corrected chi connectivity index (χ3v) is 6.59. The van der Waals surface area contributed by atoms with Crippen molar-refractivity contribution in [2.45, 2.75) is 25.7 Å². The number of hydrogen-bond donors (Lipinski definition) is 2. The van der Waals surface area contributed by atoms with Crippen molar-refractivity contribution in [2.24, 2.45) is 0 Å². The number of ether oxygens (including phenoxy) is 1. The van der Waals surface area contributed by atoms with E-state index in [-0.39, 0.29) is 22.7 Å². The van der Waals surface area contributed by atoms with Gasteiger partial charge < -0.3 is 20.7 Å². The lowest BCUT2D eigenvalue weighted by Crippen LogP contribution is -2.26. The smallest absolute Gasteiger partial charge is 0.416 e. The fraction of sp³-hybridized carbons (Fsp3) is 0.269. The molecule has 3 heterocycles. The fourth-order valence-corrected chi connectivity index (χ4v) is 4.65. The molecule has 2 aromatic heterocycles. The van der Waals surface area contributed by atoms with E-state index in [1.165, 1.54) is 13.3 Å². The molecule has 0 fully saturated rings. The van der Waals surface area contributed by atoms with Gasteiger partial charge in [0.2, 0.25) is 5.95 Å². The second-order valence-electron chi connectivity index (χ2n) is 9.15. The van der Waals surface area contributed by atoms with Gasteiger partial charge in [0.15, 0.2) is 5.65 Å². The first-order valence-electron chi connectivity index (χ1n) is 11.7. The zero-order chi connectivity index (χ0) is 27.2. The molecule has 3 N–H and O–H groups in total. The SMILES string of the molecule is COc1cc2c(cc1Nc1ncc3c(N)cc(=O)n(Cc4c(F)cccc4C(F)(F)F)c3n1)CN(C)CC2. The van der Waals surface area contributed by atoms with Crippen LogP contribution in [0.2, 0.25) is 0 Å². The summed E-state index contributed by atoms with van der Waals surface area (Å²) in [6.45, 7) is 0.961. The normalized spacial score (nSPS) is 13.9. The van der Waals surface area contributed by atoms with Crippen molar-refractivity contribution < 1.29 is 22.3 Å². The van der Waals surface area contributed by atoms with Gasteiger partial charge in [-0.05, 0) is 48.9 Å². The Balaban J connectivity index is 1.60. The van der Waals surface area contributed by atoms with Gasteiger partial charge in [-0.1, -0.05) is 6.07 Å². The van der Waals surface area contributed by atoms with Gasteiger partial charge >= 0.3 is 6.18 Å². The maximum Gasteiger partial charge on any atom is 0.416 e. The van der Waals surface area contributed by atoms with Crippen molar-refractivity contribution in [3.63, 3.8) is 0 Å². The first kappa shape index (κ1) is 25.5. The summed E-state index contributed by atoms with van der Waals surface area (Å²) in [5, 5.41) is 3.32. The molecule has 38 heavy (non-hydrogen) atoms. The molecule has 0 saturated heterocycles. The van der Waals surface area contributed by atoms with E-state index in [0.717, 1.165) is 59.5 Å². The molecule has 0 bridgehead atoms. The molecule has 1 aliphatic rings. The number of aromatic nitrogens is 3. The summed E-state index contributed by atoms with van der Waals surface area (Å²) in [7, 11) is 3.56. The number of likely N-dealkylation sites (N-methyl/N-ethyl adjacent to an activating group) is 1. The van der Waals surface area contributed by atoms with Crippen LogP contribution in [0.25, 0.3) is 11.0 Å². The van der Waals surface area contributed by atoms with Crippen LogP contribution in [0, 0.1) is 5.82 Å². The quantitative estimate of drug-likeness (QED) is 0.373. The molecule has 0 aliphatic carbocycles. The van der Waals surface area contributed by atoms with E-state index in [1.807, 2.05) is 19.2 Å². The minimum absolute atomic E-state index is 0.0412. The Morgan fingerprint density at radius 3 is 2.71 bits per heavy atom. The van der Waals surface area contributed by atoms with Gasteiger partial charge in [0, 0.05) is 36.6 Å². The van der Waals surface area contributed by atoms with Crippen molar-refractivity contribution in [1.82, 2.24) is 19.4 Å². The van der Waals surface area contributed by atoms with Crippen molar-refractivity contribution in [2.75, 3.05) is 31.8 Å². The summed E-state index contributed by atoms with van der Waals surface area (Å²) < 4.78 is 61.9. The molecule has 5 rings (SSSR count). The highest BCUT2D eigenvalue weighted by Crippen LogP contribution is 2.35. The number of halogens is 4. The number of pyridine rings is 1. The number of hydrogen-bond acceptors (Lipinski definition) is 7. The van der Waals surface area contributed by atoms with E-state index in [9.17, 15) is 22.4 Å². The Morgan fingerprint density at radius 2 is 1.97 bits per heavy atom. The zero-order valence-corrected chi connectivity index (χ0v) is 20.6. The minimum Gasteiger partial charge on any atom is -0.495 e. The monoisotopic (exact) mass is 528 g/mol. The Kier molecular flexibility index (Phi) is 6.43. The summed E-state index contributed by atoms with van der Waals surface area (Å²) in [6.07, 6.45) is -2.58. The number of nitrogens with two attached hydrogens (primary N) is 1. The Bertz CT molecular complexity index is 1600. The molecule has 0 unspecified atom stereocenters. The largest absolute Gasteiger partial charge is 0.495 e. The predicted molar refractivity (Wildman–Crippen MR) is 135 cm³/mol. The van der Waals surface area contributed by atoms with Gasteiger partial charge in [-0.3, -0.25) is 9.36 Å². The minimum atomic E-state index is -4.82. The molecular formula is C26H24F4N6O2. The van der Waals surface area contributed by atoms with Gasteiger partial charge in [0.05, 0.1) is 30.3 Å². The third-order valence-electron chi connectivity index (χ3n) is 6.59. The van der Waals surface area contributed by atoms with E-state index >= 15 is 0 Å². The second kappa shape index (κ2) is 9.60. The highest BCUT2D eigenvalue weighted by atomic mass is 19.4. The van der Waals surface area contributed by atoms with Crippen LogP contribution < -0.4 is 21.3 Å². The topological polar surface area (TPSA) is 98.3 Å². The van der Waals surface area contributed by atoms with Crippen molar-refractivity contribution in [1.29, 1.82) is 0 Å². The van der Waals surface area contributed by atoms with Crippen molar-refractivity contribution in [3.05, 3.63) is 81.0 Å². The fourth-order valence-electron chi connectivity index (χ4n) is 4.65. The number of methoxy groups -OCH3 is 1. The van der Waals surface area contributed by atoms with E-state index in [1.54, 1.807) is 0 Å². The lowest BCUT2D eigenvalue weighted by atomic mass is 9.99. The highest BCUT2D eigenvalue weighted by molar-refractivity contribution is 5.88. The Morgan fingerprint density at radius 1 is 1.18 bits per heavy atom. The molecule has 1 aliphatic heterocycles. The summed E-state index contributed by atoms with van der Waals surface area (Å²) in [5.74, 6) is -0.473. The van der Waals surface area contributed by atoms with Crippen LogP contribution in [0.1, 0.15) is 22.3 Å². The number of nitrogens with zero attached hydrogens (tertiary/aromatic N) is 4. The van der Waals surface area contributed by atoms with Gasteiger partial charge in [0.25, 0.3) is 5.56 Å². The average Bonchev–Trinajstić information content (AvgIpc) is 2.86. The van der Waals surface area contributed by atoms with Crippen LogP contribution in [-0.2, 0) is 25.7 Å². The molecule has 4 aromatic rings. The van der Waals surface area contributed by atoms with Crippen LogP contribution in [0.15, 0.2) is 47.4 Å². The van der Waals surface area contributed by atoms with E-state index in [2.05, 4.69) is 20.2 Å². The number of rotatable bonds is 5. The predicted octanol–water partition coefficient (Wildman–Crippen LogP) is 4.32. The van der Waals surface area contributed by atoms with Crippen LogP contribution in [0.5, 0.6) is 5.75 Å². The van der Waals surface area contributed by atoms with Crippen molar-refractivity contribution >= 4 is 28.4 Å². The lowest BCUT2D eigenvalue weighted by Gasteiger charge is -2.26. The summed E-state index contributed by atoms with van der Waals surface area (Å²) in [6, 6.07) is 7.58. The molecule has 0 spiro atoms. The molecule has 0 atom stereocenters. The maximum absolute atomic E-state index is 14.6. The zero-order valence-electron chi connectivity index (χ0n) is 20.6. The van der Waals surface area contributed by atoms with Gasteiger partial charge in [-0.2, -0.15) is 18.2 Å². The first-order chi connectivity index (χ1) is 18.0. The van der Waals surface area contributed by atoms with Crippen LogP contribution >= 0.6 is 0 Å². The number of benzene rings is 2. The number of nitrogen functional groups attached to an aromatic ring is 1. The number of fused-ring (bicyclic) bond motifs is 2. The average molecular weight is 529 g/mol. The van der Waals surface area contributed by atoms with Gasteiger partial charge in [-0.15, -0.1) is 0 Å². The summed E-state index contributed by atoms with van der Waals surface area (Å²) >= 11 is 0. The Hall–Kier alpha value is -4.19. The highest BCUT2D eigenvalue weighted by Gasteiger charge is 2.34. The Labute approximate surface area is 214 Å². The number of alkyl halides is 3. The summed E-state index contributed by atoms with van der Waals surface area (Å²) in [4.78, 5) is 23.7. The molecule has 198 valence electrons. The molecule has 0 radical (unpaired) electrons.